The maximum Gasteiger partial charge on any atom is 0.326 e. The van der Waals surface area contributed by atoms with Crippen LogP contribution in [0.25, 0.3) is 0 Å². The molecule has 0 spiro atoms. The third-order valence-electron chi connectivity index (χ3n) is 2.27. The predicted molar refractivity (Wildman–Crippen MR) is 62.3 cm³/mol. The fourth-order valence-corrected chi connectivity index (χ4v) is 1.80. The van der Waals surface area contributed by atoms with E-state index in [1.165, 1.54) is 0 Å². The highest BCUT2D eigenvalue weighted by Gasteiger charge is 2.16. The molecule has 0 atom stereocenters. The number of nitrogens with one attached hydrogen (secondary N) is 2. The van der Waals surface area contributed by atoms with Gasteiger partial charge >= 0.3 is 5.69 Å². The maximum absolute atomic E-state index is 11.3. The van der Waals surface area contributed by atoms with Crippen LogP contribution in [-0.4, -0.2) is 33.9 Å². The summed E-state index contributed by atoms with van der Waals surface area (Å²) >= 11 is 3.12. The molecule has 1 aromatic rings. The lowest BCUT2D eigenvalue weighted by Crippen LogP contribution is -2.35. The number of hydrogen-bond acceptors (Lipinski definition) is 5. The van der Waals surface area contributed by atoms with Gasteiger partial charge in [-0.1, -0.05) is 0 Å². The Morgan fingerprint density at radius 3 is 2.81 bits per heavy atom. The number of aliphatic imine (C=N–C) groups is 1. The van der Waals surface area contributed by atoms with Gasteiger partial charge in [-0.15, -0.1) is 0 Å². The molecule has 0 amide bonds. The average Bonchev–Trinajstić information content (AvgIpc) is 2.60. The Labute approximate surface area is 98.5 Å². The van der Waals surface area contributed by atoms with Gasteiger partial charge in [-0.3, -0.25) is 14.8 Å². The van der Waals surface area contributed by atoms with E-state index in [-0.39, 0.29) is 0 Å². The van der Waals surface area contributed by atoms with Crippen LogP contribution in [0, 0.1) is 0 Å². The molecule has 0 aromatic carbocycles. The van der Waals surface area contributed by atoms with Crippen LogP contribution in [0.2, 0.25) is 0 Å². The van der Waals surface area contributed by atoms with Crippen molar-refractivity contribution in [2.75, 3.05) is 13.1 Å². The summed E-state index contributed by atoms with van der Waals surface area (Å²) in [4.78, 5) is 32.9. The van der Waals surface area contributed by atoms with Gasteiger partial charge in [-0.05, 0) is 15.9 Å². The molecule has 7 nitrogen and oxygen atoms in total. The molecule has 0 unspecified atom stereocenters. The van der Waals surface area contributed by atoms with E-state index in [1.807, 2.05) is 0 Å². The molecular weight excluding hydrogens is 277 g/mol. The van der Waals surface area contributed by atoms with Gasteiger partial charge in [0.25, 0.3) is 5.56 Å². The molecular formula is C8H10BrN5O2. The van der Waals surface area contributed by atoms with Crippen LogP contribution in [0.1, 0.15) is 5.69 Å². The molecule has 0 saturated carbocycles. The van der Waals surface area contributed by atoms with E-state index in [0.717, 1.165) is 0 Å². The maximum atomic E-state index is 11.3. The molecule has 1 aromatic heterocycles. The molecule has 1 aliphatic heterocycles. The van der Waals surface area contributed by atoms with E-state index in [4.69, 9.17) is 5.73 Å². The third kappa shape index (κ3) is 2.01. The number of nitrogens with zero attached hydrogens (tertiary/aromatic N) is 2. The highest BCUT2D eigenvalue weighted by Crippen LogP contribution is 2.11. The lowest BCUT2D eigenvalue weighted by molar-refractivity contribution is 0.439. The fourth-order valence-electron chi connectivity index (χ4n) is 1.48. The molecule has 8 heteroatoms. The number of halogens is 1. The van der Waals surface area contributed by atoms with Gasteiger partial charge in [0.1, 0.15) is 4.47 Å². The minimum absolute atomic E-state index is 0.312. The van der Waals surface area contributed by atoms with E-state index in [0.29, 0.717) is 35.8 Å². The normalized spacial score (nSPS) is 15.3. The minimum atomic E-state index is -0.530. The molecule has 0 radical (unpaired) electrons. The predicted octanol–water partition coefficient (Wildman–Crippen LogP) is -1.04. The van der Waals surface area contributed by atoms with E-state index in [2.05, 4.69) is 30.9 Å². The standard InChI is InChI=1S/C8H10BrN5O2/c9-5-4(12-8(16)13-6(5)15)3-14-2-1-11-7(14)10/h1-3H2,(H2,10,11)(H2,12,13,15,16)/i8-1. The van der Waals surface area contributed by atoms with Crippen LogP contribution in [-0.2, 0) is 6.54 Å². The van der Waals surface area contributed by atoms with E-state index < -0.39 is 11.2 Å². The summed E-state index contributed by atoms with van der Waals surface area (Å²) in [6.45, 7) is 1.68. The Bertz CT molecular complexity index is 546. The zero-order valence-corrected chi connectivity index (χ0v) is 9.87. The van der Waals surface area contributed by atoms with Crippen molar-refractivity contribution in [3.05, 3.63) is 31.0 Å². The van der Waals surface area contributed by atoms with Crippen LogP contribution < -0.4 is 17.0 Å². The number of aromatic nitrogens is 2. The fraction of sp³-hybridized carbons (Fsp3) is 0.375. The third-order valence-corrected chi connectivity index (χ3v) is 3.11. The van der Waals surface area contributed by atoms with Crippen molar-refractivity contribution in [1.82, 2.24) is 14.9 Å². The molecule has 2 heterocycles. The minimum Gasteiger partial charge on any atom is -0.370 e. The topological polar surface area (TPSA) is 107 Å². The number of aromatic amines is 2. The van der Waals surface area contributed by atoms with Crippen molar-refractivity contribution < 1.29 is 0 Å². The summed E-state index contributed by atoms with van der Waals surface area (Å²) < 4.78 is 0.312. The molecule has 4 N–H and O–H groups in total. The lowest BCUT2D eigenvalue weighted by atomic mass is 10.3. The van der Waals surface area contributed by atoms with Crippen molar-refractivity contribution in [3.8, 4) is 0 Å². The van der Waals surface area contributed by atoms with Gasteiger partial charge in [-0.25, -0.2) is 4.79 Å². The van der Waals surface area contributed by atoms with E-state index in [9.17, 15) is 9.59 Å². The SMILES string of the molecule is NC1=NCCN1Cc1[nH][11c](=O)[nH]c(=O)c1Br. The highest BCUT2D eigenvalue weighted by molar-refractivity contribution is 9.10. The molecule has 0 aliphatic carbocycles. The highest BCUT2D eigenvalue weighted by atomic mass is 79.9. The summed E-state index contributed by atoms with van der Waals surface area (Å²) in [6, 6.07) is 0. The van der Waals surface area contributed by atoms with Crippen LogP contribution in [0.4, 0.5) is 0 Å². The second-order valence-electron chi connectivity index (χ2n) is 3.36. The van der Waals surface area contributed by atoms with Crippen molar-refractivity contribution >= 4 is 21.9 Å². The van der Waals surface area contributed by atoms with Gasteiger partial charge in [0.05, 0.1) is 18.8 Å². The first-order valence-corrected chi connectivity index (χ1v) is 5.43. The van der Waals surface area contributed by atoms with Crippen LogP contribution in [0.3, 0.4) is 0 Å². The Morgan fingerprint density at radius 2 is 2.19 bits per heavy atom. The molecule has 0 bridgehead atoms. The van der Waals surface area contributed by atoms with Gasteiger partial charge in [0.2, 0.25) is 0 Å². The zero-order chi connectivity index (χ0) is 11.7. The number of nitrogens with two attached hydrogens (primary N) is 1. The Kier molecular flexibility index (Phi) is 2.82. The van der Waals surface area contributed by atoms with E-state index in [1.54, 1.807) is 4.90 Å². The second kappa shape index (κ2) is 4.12. The zero-order valence-electron chi connectivity index (χ0n) is 8.29. The van der Waals surface area contributed by atoms with Crippen LogP contribution >= 0.6 is 15.9 Å². The second-order valence-corrected chi connectivity index (χ2v) is 4.16. The van der Waals surface area contributed by atoms with Gasteiger partial charge in [-0.2, -0.15) is 0 Å². The molecule has 0 saturated heterocycles. The molecule has 1 aliphatic rings. The number of H-pyrrole nitrogens is 2. The number of rotatable bonds is 2. The monoisotopic (exact) mass is 286 g/mol. The summed E-state index contributed by atoms with van der Waals surface area (Å²) in [7, 11) is 0. The molecule has 16 heavy (non-hydrogen) atoms. The summed E-state index contributed by atoms with van der Waals surface area (Å²) in [5.74, 6) is 0.424. The first-order valence-electron chi connectivity index (χ1n) is 4.64. The van der Waals surface area contributed by atoms with Crippen molar-refractivity contribution in [1.29, 1.82) is 0 Å². The largest absolute Gasteiger partial charge is 0.370 e. The Hall–Kier alpha value is -1.57. The number of guanidine groups is 1. The van der Waals surface area contributed by atoms with Gasteiger partial charge in [0.15, 0.2) is 5.96 Å². The van der Waals surface area contributed by atoms with Crippen molar-refractivity contribution in [2.24, 2.45) is 10.7 Å². The smallest absolute Gasteiger partial charge is 0.326 e. The first kappa shape index (κ1) is 10.9. The van der Waals surface area contributed by atoms with Crippen molar-refractivity contribution in [3.63, 3.8) is 0 Å². The summed E-state index contributed by atoms with van der Waals surface area (Å²) in [6.07, 6.45) is 0. The van der Waals surface area contributed by atoms with Crippen molar-refractivity contribution in [2.45, 2.75) is 6.54 Å². The van der Waals surface area contributed by atoms with Crippen LogP contribution in [0.15, 0.2) is 19.1 Å². The van der Waals surface area contributed by atoms with Gasteiger partial charge < -0.3 is 15.6 Å². The first-order chi connectivity index (χ1) is 7.58. The quantitative estimate of drug-likeness (QED) is 0.645. The Balaban J connectivity index is 2.31. The number of hydrogen-bond donors (Lipinski definition) is 3. The lowest BCUT2D eigenvalue weighted by Gasteiger charge is -2.17. The molecule has 86 valence electrons. The van der Waals surface area contributed by atoms with Gasteiger partial charge in [0, 0.05) is 6.54 Å². The Morgan fingerprint density at radius 1 is 1.44 bits per heavy atom. The molecule has 2 rings (SSSR count). The van der Waals surface area contributed by atoms with E-state index >= 15 is 0 Å². The summed E-state index contributed by atoms with van der Waals surface area (Å²) in [5.41, 5.74) is 5.15. The van der Waals surface area contributed by atoms with Crippen LogP contribution in [0.5, 0.6) is 0 Å². The average molecular weight is 287 g/mol. The molecule has 0 fully saturated rings. The summed E-state index contributed by atoms with van der Waals surface area (Å²) in [5, 5.41) is 0.